The molecule has 2 aromatic heterocycles. The van der Waals surface area contributed by atoms with Gasteiger partial charge in [0.1, 0.15) is 40.9 Å². The van der Waals surface area contributed by atoms with E-state index >= 15 is 0 Å². The Labute approximate surface area is 322 Å². The monoisotopic (exact) mass is 769 g/mol. The van der Waals surface area contributed by atoms with Crippen LogP contribution < -0.4 is 10.1 Å². The molecule has 14 nitrogen and oxygen atoms in total. The van der Waals surface area contributed by atoms with Gasteiger partial charge in [-0.3, -0.25) is 9.69 Å². The molecule has 0 aliphatic carbocycles. The minimum Gasteiger partial charge on any atom is -0.488 e. The summed E-state index contributed by atoms with van der Waals surface area (Å²) in [4.78, 5) is 57.9. The summed E-state index contributed by atoms with van der Waals surface area (Å²) in [6.45, 7) is 7.00. The zero-order valence-corrected chi connectivity index (χ0v) is 32.1. The van der Waals surface area contributed by atoms with Gasteiger partial charge in [-0.15, -0.1) is 0 Å². The summed E-state index contributed by atoms with van der Waals surface area (Å²) in [6, 6.07) is 12.8. The molecular formula is C40H44ClN7O7. The third-order valence-corrected chi connectivity index (χ3v) is 11.6. The number of hydrogen-bond acceptors (Lipinski definition) is 8. The Morgan fingerprint density at radius 3 is 2.58 bits per heavy atom. The average molecular weight is 770 g/mol. The van der Waals surface area contributed by atoms with E-state index in [1.165, 1.54) is 12.0 Å². The highest BCUT2D eigenvalue weighted by atomic mass is 35.5. The standard InChI is InChI=1S/C40H44ClN7O7/c1-19(2)32(45-39(50)54-5)38(49)48-20(3)6-11-29(48)36-42-28-10-8-22-14-27-25-9-7-23(13-24(25)18-55-31(27)15-26(22)34(28)44-36)33-35(41)46-37(43-33)30-12-21(17-53-4)16-47(30)40(51)52/h7-10,13-15,19-21,29-30,32H,6,11-12,16-18H2,1-5H3,(H,42,44)(H,43,46)(H,45,50)(H,51,52)/t20-,21-,29-,30-,32-/m0/s1. The number of fused-ring (bicyclic) bond motifs is 6. The first kappa shape index (κ1) is 36.6. The first-order valence-electron chi connectivity index (χ1n) is 18.6. The number of rotatable bonds is 8. The first-order chi connectivity index (χ1) is 26.4. The number of alkyl carbamates (subject to hydrolysis) is 1. The van der Waals surface area contributed by atoms with Crippen LogP contribution in [0.15, 0.2) is 42.5 Å². The SMILES string of the molecule is COC[C@H]1C[C@@H](c2nc(-c3ccc4c(c3)COc3cc5c(ccc6[nH]c([C@@H]7CC[C@H](C)N7C(=O)[C@@H](NC(=O)OC)C(C)C)nc65)cc3-4)c(Cl)[nH]2)N(C(=O)O)C1. The lowest BCUT2D eigenvalue weighted by Crippen LogP contribution is -2.52. The molecule has 5 aromatic rings. The van der Waals surface area contributed by atoms with Crippen LogP contribution in [0.5, 0.6) is 5.75 Å². The number of carbonyl (C=O) groups excluding carboxylic acids is 2. The molecule has 0 bridgehead atoms. The molecule has 2 saturated heterocycles. The summed E-state index contributed by atoms with van der Waals surface area (Å²) < 4.78 is 16.5. The smallest absolute Gasteiger partial charge is 0.407 e. The Hall–Kier alpha value is -5.34. The van der Waals surface area contributed by atoms with Gasteiger partial charge in [0, 0.05) is 42.1 Å². The largest absolute Gasteiger partial charge is 0.488 e. The van der Waals surface area contributed by atoms with Gasteiger partial charge in [-0.1, -0.05) is 43.6 Å². The number of carbonyl (C=O) groups is 3. The summed E-state index contributed by atoms with van der Waals surface area (Å²) in [5, 5.41) is 14.9. The molecular weight excluding hydrogens is 726 g/mol. The van der Waals surface area contributed by atoms with Gasteiger partial charge in [0.25, 0.3) is 0 Å². The Balaban J connectivity index is 1.08. The van der Waals surface area contributed by atoms with Crippen molar-refractivity contribution in [3.8, 4) is 28.1 Å². The third-order valence-electron chi connectivity index (χ3n) is 11.3. The molecule has 15 heteroatoms. The number of nitrogens with zero attached hydrogens (tertiary/aromatic N) is 4. The van der Waals surface area contributed by atoms with Crippen LogP contribution in [0.4, 0.5) is 9.59 Å². The van der Waals surface area contributed by atoms with Crippen LogP contribution in [0.1, 0.15) is 69.3 Å². The van der Waals surface area contributed by atoms with Gasteiger partial charge in [0.2, 0.25) is 5.91 Å². The molecule has 3 amide bonds. The summed E-state index contributed by atoms with van der Waals surface area (Å²) in [5.74, 6) is 1.73. The van der Waals surface area contributed by atoms with Crippen LogP contribution in [0, 0.1) is 11.8 Å². The van der Waals surface area contributed by atoms with E-state index in [9.17, 15) is 19.5 Å². The van der Waals surface area contributed by atoms with E-state index < -0.39 is 24.3 Å². The number of aromatic nitrogens is 4. The number of amides is 3. The normalized spacial score (nSPS) is 21.1. The van der Waals surface area contributed by atoms with Crippen LogP contribution in [0.25, 0.3) is 44.2 Å². The Morgan fingerprint density at radius 1 is 1.04 bits per heavy atom. The number of aromatic amines is 2. The second-order valence-electron chi connectivity index (χ2n) is 15.2. The third kappa shape index (κ3) is 6.50. The Morgan fingerprint density at radius 2 is 1.84 bits per heavy atom. The molecule has 0 saturated carbocycles. The van der Waals surface area contributed by atoms with Crippen LogP contribution in [-0.2, 0) is 20.9 Å². The van der Waals surface area contributed by atoms with Crippen molar-refractivity contribution in [2.24, 2.45) is 11.8 Å². The van der Waals surface area contributed by atoms with E-state index in [1.54, 1.807) is 7.11 Å². The second-order valence-corrected chi connectivity index (χ2v) is 15.5. The van der Waals surface area contributed by atoms with E-state index in [-0.39, 0.29) is 29.8 Å². The first-order valence-corrected chi connectivity index (χ1v) is 19.0. The molecule has 4 N–H and O–H groups in total. The minimum atomic E-state index is -1.00. The van der Waals surface area contributed by atoms with Crippen molar-refractivity contribution in [1.82, 2.24) is 35.1 Å². The quantitative estimate of drug-likeness (QED) is 0.125. The molecule has 0 radical (unpaired) electrons. The van der Waals surface area contributed by atoms with E-state index in [2.05, 4.69) is 27.4 Å². The summed E-state index contributed by atoms with van der Waals surface area (Å²) in [5.41, 5.74) is 5.97. The van der Waals surface area contributed by atoms with Crippen LogP contribution in [0.2, 0.25) is 5.15 Å². The lowest BCUT2D eigenvalue weighted by molar-refractivity contribution is -0.137. The van der Waals surface area contributed by atoms with E-state index in [0.717, 1.165) is 62.7 Å². The van der Waals surface area contributed by atoms with Gasteiger partial charge in [0.15, 0.2) is 0 Å². The number of benzene rings is 3. The van der Waals surface area contributed by atoms with Crippen molar-refractivity contribution in [3.05, 3.63) is 64.8 Å². The van der Waals surface area contributed by atoms with Gasteiger partial charge >= 0.3 is 12.2 Å². The van der Waals surface area contributed by atoms with Crippen molar-refractivity contribution in [3.63, 3.8) is 0 Å². The van der Waals surface area contributed by atoms with Gasteiger partial charge < -0.3 is 39.5 Å². The maximum absolute atomic E-state index is 13.9. The zero-order valence-electron chi connectivity index (χ0n) is 31.3. The summed E-state index contributed by atoms with van der Waals surface area (Å²) in [6.07, 6.45) is 0.502. The van der Waals surface area contributed by atoms with Crippen LogP contribution in [0.3, 0.4) is 0 Å². The van der Waals surface area contributed by atoms with E-state index in [4.69, 9.17) is 35.8 Å². The molecule has 0 unspecified atom stereocenters. The average Bonchev–Trinajstić information content (AvgIpc) is 3.97. The molecule has 3 aromatic carbocycles. The number of ether oxygens (including phenoxy) is 3. The zero-order chi connectivity index (χ0) is 38.7. The molecule has 2 fully saturated rings. The predicted octanol–water partition coefficient (Wildman–Crippen LogP) is 7.44. The van der Waals surface area contributed by atoms with Crippen molar-refractivity contribution in [2.45, 2.75) is 70.8 Å². The van der Waals surface area contributed by atoms with Crippen molar-refractivity contribution in [2.75, 3.05) is 27.4 Å². The minimum absolute atomic E-state index is 0.0290. The predicted molar refractivity (Wildman–Crippen MR) is 206 cm³/mol. The topological polar surface area (TPSA) is 175 Å². The highest BCUT2D eigenvalue weighted by Crippen LogP contribution is 2.44. The fraction of sp³-hybridized carbons (Fsp3) is 0.425. The molecule has 55 heavy (non-hydrogen) atoms. The van der Waals surface area contributed by atoms with E-state index in [0.29, 0.717) is 48.7 Å². The highest BCUT2D eigenvalue weighted by molar-refractivity contribution is 6.32. The van der Waals surface area contributed by atoms with Gasteiger partial charge in [-0.25, -0.2) is 19.6 Å². The van der Waals surface area contributed by atoms with Crippen molar-refractivity contribution in [1.29, 1.82) is 0 Å². The van der Waals surface area contributed by atoms with E-state index in [1.807, 2.05) is 56.0 Å². The lowest BCUT2D eigenvalue weighted by Gasteiger charge is -2.32. The lowest BCUT2D eigenvalue weighted by atomic mass is 9.92. The van der Waals surface area contributed by atoms with Crippen LogP contribution >= 0.6 is 11.6 Å². The number of H-pyrrole nitrogens is 2. The maximum Gasteiger partial charge on any atom is 0.407 e. The fourth-order valence-electron chi connectivity index (χ4n) is 8.56. The number of likely N-dealkylation sites (tertiary alicyclic amines) is 2. The number of nitrogens with one attached hydrogen (secondary N) is 3. The highest BCUT2D eigenvalue weighted by Gasteiger charge is 2.42. The molecule has 288 valence electrons. The van der Waals surface area contributed by atoms with Gasteiger partial charge in [-0.2, -0.15) is 0 Å². The number of carboxylic acid groups (broad SMARTS) is 1. The molecule has 8 rings (SSSR count). The Bertz CT molecular complexity index is 2320. The van der Waals surface area contributed by atoms with Gasteiger partial charge in [-0.05, 0) is 72.9 Å². The number of halogens is 1. The second kappa shape index (κ2) is 14.4. The maximum atomic E-state index is 13.9. The van der Waals surface area contributed by atoms with Crippen molar-refractivity contribution >= 4 is 51.5 Å². The number of imidazole rings is 2. The number of hydrogen-bond donors (Lipinski definition) is 4. The molecule has 0 spiro atoms. The summed E-state index contributed by atoms with van der Waals surface area (Å²) >= 11 is 6.70. The Kier molecular flexibility index (Phi) is 9.58. The molecule has 3 aliphatic heterocycles. The number of methoxy groups -OCH3 is 2. The summed E-state index contributed by atoms with van der Waals surface area (Å²) in [7, 11) is 2.90. The van der Waals surface area contributed by atoms with Crippen LogP contribution in [-0.4, -0.2) is 92.4 Å². The van der Waals surface area contributed by atoms with Crippen molar-refractivity contribution < 1.29 is 33.7 Å². The fourth-order valence-corrected chi connectivity index (χ4v) is 8.81. The molecule has 3 aliphatic rings. The molecule has 5 heterocycles. The van der Waals surface area contributed by atoms with Gasteiger partial charge in [0.05, 0.1) is 36.8 Å². The molecule has 5 atom stereocenters.